The fourth-order valence-corrected chi connectivity index (χ4v) is 3.01. The summed E-state index contributed by atoms with van der Waals surface area (Å²) in [5, 5.41) is 10.2. The summed E-state index contributed by atoms with van der Waals surface area (Å²) in [5.74, 6) is -0.216. The van der Waals surface area contributed by atoms with Crippen LogP contribution in [0.5, 0.6) is 0 Å². The second-order valence-electron chi connectivity index (χ2n) is 5.61. The van der Waals surface area contributed by atoms with Gasteiger partial charge in [-0.2, -0.15) is 5.10 Å². The molecule has 2 aromatic heterocycles. The predicted octanol–water partition coefficient (Wildman–Crippen LogP) is 3.21. The number of benzene rings is 1. The molecule has 5 nitrogen and oxygen atoms in total. The molecule has 0 saturated carbocycles. The van der Waals surface area contributed by atoms with E-state index in [2.05, 4.69) is 26.6 Å². The molecule has 0 fully saturated rings. The van der Waals surface area contributed by atoms with Gasteiger partial charge in [0.05, 0.1) is 11.3 Å². The summed E-state index contributed by atoms with van der Waals surface area (Å²) < 4.78 is 0. The van der Waals surface area contributed by atoms with Gasteiger partial charge >= 0.3 is 0 Å². The Labute approximate surface area is 133 Å². The summed E-state index contributed by atoms with van der Waals surface area (Å²) >= 11 is 0. The minimum Gasteiger partial charge on any atom is -0.321 e. The number of carbonyl (C=O) groups is 1. The first-order chi connectivity index (χ1) is 11.3. The zero-order valence-electron chi connectivity index (χ0n) is 12.5. The van der Waals surface area contributed by atoms with E-state index in [1.807, 2.05) is 36.4 Å². The van der Waals surface area contributed by atoms with Crippen molar-refractivity contribution in [2.45, 2.75) is 19.3 Å². The van der Waals surface area contributed by atoms with Gasteiger partial charge in [-0.1, -0.05) is 24.3 Å². The summed E-state index contributed by atoms with van der Waals surface area (Å²) in [6, 6.07) is 13.4. The smallest absolute Gasteiger partial charge is 0.276 e. The number of amides is 1. The van der Waals surface area contributed by atoms with Crippen LogP contribution in [0.15, 0.2) is 48.7 Å². The van der Waals surface area contributed by atoms with Crippen LogP contribution >= 0.6 is 0 Å². The van der Waals surface area contributed by atoms with Gasteiger partial charge in [0.1, 0.15) is 0 Å². The summed E-state index contributed by atoms with van der Waals surface area (Å²) in [4.78, 5) is 17.2. The van der Waals surface area contributed by atoms with Gasteiger partial charge in [-0.15, -0.1) is 0 Å². The van der Waals surface area contributed by atoms with Gasteiger partial charge in [-0.05, 0) is 43.0 Å². The van der Waals surface area contributed by atoms with Gasteiger partial charge in [-0.3, -0.25) is 14.9 Å². The highest BCUT2D eigenvalue weighted by Gasteiger charge is 2.25. The lowest BCUT2D eigenvalue weighted by molar-refractivity contribution is 0.102. The van der Waals surface area contributed by atoms with E-state index in [1.165, 1.54) is 5.56 Å². The molecule has 114 valence electrons. The lowest BCUT2D eigenvalue weighted by atomic mass is 10.0. The fourth-order valence-electron chi connectivity index (χ4n) is 3.01. The second kappa shape index (κ2) is 5.68. The van der Waals surface area contributed by atoms with Gasteiger partial charge in [-0.25, -0.2) is 0 Å². The number of H-pyrrole nitrogens is 1. The first kappa shape index (κ1) is 13.7. The zero-order valence-corrected chi connectivity index (χ0v) is 12.5. The Hall–Kier alpha value is -2.95. The van der Waals surface area contributed by atoms with Crippen molar-refractivity contribution in [2.75, 3.05) is 5.32 Å². The lowest BCUT2D eigenvalue weighted by Gasteiger charge is -2.07. The quantitative estimate of drug-likeness (QED) is 0.763. The fraction of sp³-hybridized carbons (Fsp3) is 0.167. The summed E-state index contributed by atoms with van der Waals surface area (Å²) in [7, 11) is 0. The number of para-hydroxylation sites is 1. The van der Waals surface area contributed by atoms with Crippen LogP contribution in [0, 0.1) is 0 Å². The van der Waals surface area contributed by atoms with Crippen LogP contribution < -0.4 is 5.32 Å². The average Bonchev–Trinajstić information content (AvgIpc) is 2.92. The maximum absolute atomic E-state index is 12.6. The van der Waals surface area contributed by atoms with Crippen molar-refractivity contribution in [2.24, 2.45) is 0 Å². The number of pyridine rings is 1. The highest BCUT2D eigenvalue weighted by atomic mass is 16.1. The van der Waals surface area contributed by atoms with Crippen LogP contribution in [0.4, 0.5) is 5.69 Å². The minimum absolute atomic E-state index is 0.216. The Morgan fingerprint density at radius 1 is 1.09 bits per heavy atom. The van der Waals surface area contributed by atoms with Crippen molar-refractivity contribution < 1.29 is 4.79 Å². The van der Waals surface area contributed by atoms with E-state index in [0.29, 0.717) is 5.69 Å². The van der Waals surface area contributed by atoms with Crippen LogP contribution in [-0.4, -0.2) is 21.1 Å². The number of hydrogen-bond acceptors (Lipinski definition) is 3. The molecule has 0 bridgehead atoms. The van der Waals surface area contributed by atoms with Gasteiger partial charge in [0.25, 0.3) is 5.91 Å². The van der Waals surface area contributed by atoms with Crippen LogP contribution in [0.3, 0.4) is 0 Å². The van der Waals surface area contributed by atoms with Crippen LogP contribution in [0.2, 0.25) is 0 Å². The van der Waals surface area contributed by atoms with E-state index >= 15 is 0 Å². The number of hydrogen-bond donors (Lipinski definition) is 2. The first-order valence-corrected chi connectivity index (χ1v) is 7.71. The molecule has 0 unspecified atom stereocenters. The number of anilines is 1. The summed E-state index contributed by atoms with van der Waals surface area (Å²) in [6.07, 6.45) is 4.62. The van der Waals surface area contributed by atoms with E-state index in [1.54, 1.807) is 6.20 Å². The first-order valence-electron chi connectivity index (χ1n) is 7.71. The Balaban J connectivity index is 1.76. The molecule has 0 aliphatic heterocycles. The van der Waals surface area contributed by atoms with Crippen LogP contribution in [0.25, 0.3) is 11.3 Å². The normalized spacial score (nSPS) is 12.9. The maximum atomic E-state index is 12.6. The third-order valence-corrected chi connectivity index (χ3v) is 4.09. The van der Waals surface area contributed by atoms with E-state index in [-0.39, 0.29) is 5.91 Å². The Bertz CT molecular complexity index is 854. The Kier molecular flexibility index (Phi) is 3.38. The largest absolute Gasteiger partial charge is 0.321 e. The van der Waals surface area contributed by atoms with Gasteiger partial charge < -0.3 is 5.32 Å². The summed E-state index contributed by atoms with van der Waals surface area (Å²) in [5.41, 5.74) is 5.02. The van der Waals surface area contributed by atoms with E-state index in [4.69, 9.17) is 0 Å². The molecule has 1 aliphatic carbocycles. The summed E-state index contributed by atoms with van der Waals surface area (Å²) in [6.45, 7) is 0. The average molecular weight is 304 g/mol. The molecule has 2 N–H and O–H groups in total. The number of aryl methyl sites for hydroxylation is 2. The van der Waals surface area contributed by atoms with Gasteiger partial charge in [0.15, 0.2) is 5.69 Å². The maximum Gasteiger partial charge on any atom is 0.276 e. The van der Waals surface area contributed by atoms with Crippen LogP contribution in [0.1, 0.15) is 28.2 Å². The number of nitrogens with zero attached hydrogens (tertiary/aromatic N) is 2. The number of aromatic amines is 1. The zero-order chi connectivity index (χ0) is 15.6. The van der Waals surface area contributed by atoms with Crippen molar-refractivity contribution >= 4 is 11.6 Å². The van der Waals surface area contributed by atoms with E-state index in [9.17, 15) is 4.79 Å². The SMILES string of the molecule is O=C(Nc1ccccc1)c1n[nH]c2c1-c1ncccc1CCC2. The molecule has 23 heavy (non-hydrogen) atoms. The lowest BCUT2D eigenvalue weighted by Crippen LogP contribution is -2.14. The van der Waals surface area contributed by atoms with Crippen molar-refractivity contribution in [3.63, 3.8) is 0 Å². The molecule has 5 heteroatoms. The number of fused-ring (bicyclic) bond motifs is 3. The van der Waals surface area contributed by atoms with E-state index < -0.39 is 0 Å². The third kappa shape index (κ3) is 2.50. The predicted molar refractivity (Wildman–Crippen MR) is 88.2 cm³/mol. The Morgan fingerprint density at radius 3 is 2.83 bits per heavy atom. The molecule has 2 heterocycles. The molecule has 0 radical (unpaired) electrons. The number of rotatable bonds is 2. The molecule has 1 amide bonds. The molecule has 0 saturated heterocycles. The highest BCUT2D eigenvalue weighted by Crippen LogP contribution is 2.32. The standard InChI is InChI=1S/C18H16N4O/c23-18(20-13-8-2-1-3-9-13)17-15-14(21-22-17)10-4-6-12-7-5-11-19-16(12)15/h1-3,5,7-9,11H,4,6,10H2,(H,20,23)(H,21,22). The van der Waals surface area contributed by atoms with Gasteiger partial charge in [0.2, 0.25) is 0 Å². The molecule has 0 spiro atoms. The number of nitrogens with one attached hydrogen (secondary N) is 2. The minimum atomic E-state index is -0.216. The van der Waals surface area contributed by atoms with Crippen molar-refractivity contribution in [1.29, 1.82) is 0 Å². The number of carbonyl (C=O) groups excluding carboxylic acids is 1. The van der Waals surface area contributed by atoms with Crippen molar-refractivity contribution in [3.05, 3.63) is 65.6 Å². The molecular formula is C18H16N4O. The molecule has 0 atom stereocenters. The topological polar surface area (TPSA) is 70.7 Å². The molecular weight excluding hydrogens is 288 g/mol. The second-order valence-corrected chi connectivity index (χ2v) is 5.61. The number of aromatic nitrogens is 3. The van der Waals surface area contributed by atoms with Crippen LogP contribution in [-0.2, 0) is 12.8 Å². The van der Waals surface area contributed by atoms with E-state index in [0.717, 1.165) is 41.9 Å². The molecule has 1 aliphatic rings. The van der Waals surface area contributed by atoms with Crippen molar-refractivity contribution in [1.82, 2.24) is 15.2 Å². The van der Waals surface area contributed by atoms with Crippen molar-refractivity contribution in [3.8, 4) is 11.3 Å². The Morgan fingerprint density at radius 2 is 1.96 bits per heavy atom. The third-order valence-electron chi connectivity index (χ3n) is 4.09. The van der Waals surface area contributed by atoms with Gasteiger partial charge in [0, 0.05) is 17.6 Å². The highest BCUT2D eigenvalue weighted by molar-refractivity contribution is 6.07. The molecule has 3 aromatic rings. The molecule has 1 aromatic carbocycles. The molecule has 4 rings (SSSR count). The monoisotopic (exact) mass is 304 g/mol.